The highest BCUT2D eigenvalue weighted by atomic mass is 32.2. The first-order chi connectivity index (χ1) is 9.13. The van der Waals surface area contributed by atoms with E-state index in [0.29, 0.717) is 38.8 Å². The van der Waals surface area contributed by atoms with E-state index in [-0.39, 0.29) is 6.04 Å². The molecule has 2 unspecified atom stereocenters. The fourth-order valence-electron chi connectivity index (χ4n) is 2.82. The van der Waals surface area contributed by atoms with Crippen molar-refractivity contribution in [2.45, 2.75) is 32.2 Å². The molecule has 6 nitrogen and oxygen atoms in total. The van der Waals surface area contributed by atoms with Crippen LogP contribution in [0.4, 0.5) is 0 Å². The van der Waals surface area contributed by atoms with Gasteiger partial charge in [0, 0.05) is 25.7 Å². The number of ether oxygens (including phenoxy) is 1. The Hall–Kier alpha value is -0.210. The molecule has 0 aromatic rings. The van der Waals surface area contributed by atoms with E-state index >= 15 is 0 Å². The average molecular weight is 291 g/mol. The summed E-state index contributed by atoms with van der Waals surface area (Å²) in [6, 6.07) is 0.259. The van der Waals surface area contributed by atoms with Crippen LogP contribution in [0.25, 0.3) is 0 Å². The van der Waals surface area contributed by atoms with Crippen molar-refractivity contribution >= 4 is 10.2 Å². The molecule has 7 heteroatoms. The number of hydrogen-bond acceptors (Lipinski definition) is 4. The van der Waals surface area contributed by atoms with Gasteiger partial charge in [0.25, 0.3) is 10.2 Å². The van der Waals surface area contributed by atoms with Crippen LogP contribution < -0.4 is 10.0 Å². The van der Waals surface area contributed by atoms with Gasteiger partial charge in [0.15, 0.2) is 0 Å². The molecule has 0 bridgehead atoms. The van der Waals surface area contributed by atoms with Crippen molar-refractivity contribution in [1.29, 1.82) is 0 Å². The van der Waals surface area contributed by atoms with Crippen LogP contribution in [0, 0.1) is 5.92 Å². The zero-order valence-corrected chi connectivity index (χ0v) is 12.4. The summed E-state index contributed by atoms with van der Waals surface area (Å²) in [6.45, 7) is 5.51. The van der Waals surface area contributed by atoms with Gasteiger partial charge in [-0.25, -0.2) is 4.72 Å². The fraction of sp³-hybridized carbons (Fsp3) is 1.00. The largest absolute Gasteiger partial charge is 0.379 e. The molecule has 2 aliphatic heterocycles. The second kappa shape index (κ2) is 6.99. The summed E-state index contributed by atoms with van der Waals surface area (Å²) in [6.07, 6.45) is 3.47. The van der Waals surface area contributed by atoms with Gasteiger partial charge in [-0.1, -0.05) is 13.3 Å². The Morgan fingerprint density at radius 1 is 1.37 bits per heavy atom. The normalized spacial score (nSPS) is 30.4. The third kappa shape index (κ3) is 4.13. The first-order valence-corrected chi connectivity index (χ1v) is 8.63. The molecule has 0 amide bonds. The summed E-state index contributed by atoms with van der Waals surface area (Å²) >= 11 is 0. The second-order valence-corrected chi connectivity index (χ2v) is 6.99. The summed E-state index contributed by atoms with van der Waals surface area (Å²) in [7, 11) is -3.35. The number of nitrogens with one attached hydrogen (secondary N) is 2. The quantitative estimate of drug-likeness (QED) is 0.744. The predicted octanol–water partition coefficient (Wildman–Crippen LogP) is -0.0688. The first kappa shape index (κ1) is 15.2. The highest BCUT2D eigenvalue weighted by molar-refractivity contribution is 7.87. The maximum atomic E-state index is 12.2. The van der Waals surface area contributed by atoms with Gasteiger partial charge in [-0.2, -0.15) is 12.7 Å². The Kier molecular flexibility index (Phi) is 5.58. The van der Waals surface area contributed by atoms with E-state index in [1.807, 2.05) is 0 Å². The third-order valence-electron chi connectivity index (χ3n) is 4.05. The van der Waals surface area contributed by atoms with Crippen molar-refractivity contribution in [1.82, 2.24) is 14.3 Å². The van der Waals surface area contributed by atoms with Gasteiger partial charge in [0.2, 0.25) is 0 Å². The highest BCUT2D eigenvalue weighted by Gasteiger charge is 2.28. The van der Waals surface area contributed by atoms with E-state index in [1.165, 1.54) is 17.1 Å². The molecule has 2 saturated heterocycles. The molecular formula is C12H25N3O3S. The lowest BCUT2D eigenvalue weighted by Gasteiger charge is -2.33. The molecule has 19 heavy (non-hydrogen) atoms. The fourth-order valence-corrected chi connectivity index (χ4v) is 4.02. The Bertz CT molecular complexity index is 368. The Morgan fingerprint density at radius 2 is 2.11 bits per heavy atom. The first-order valence-electron chi connectivity index (χ1n) is 7.19. The minimum Gasteiger partial charge on any atom is -0.379 e. The molecule has 0 radical (unpaired) electrons. The van der Waals surface area contributed by atoms with Crippen molar-refractivity contribution in [2.24, 2.45) is 5.92 Å². The number of hydrogen-bond donors (Lipinski definition) is 2. The second-order valence-electron chi connectivity index (χ2n) is 5.24. The molecule has 2 fully saturated rings. The van der Waals surface area contributed by atoms with Gasteiger partial charge in [-0.05, 0) is 25.3 Å². The van der Waals surface area contributed by atoms with Crippen molar-refractivity contribution in [3.05, 3.63) is 0 Å². The maximum Gasteiger partial charge on any atom is 0.279 e. The average Bonchev–Trinajstić information content (AvgIpc) is 2.46. The van der Waals surface area contributed by atoms with E-state index < -0.39 is 10.2 Å². The molecule has 0 saturated carbocycles. The van der Waals surface area contributed by atoms with Crippen molar-refractivity contribution in [3.63, 3.8) is 0 Å². The van der Waals surface area contributed by atoms with Crippen molar-refractivity contribution in [3.8, 4) is 0 Å². The van der Waals surface area contributed by atoms with Gasteiger partial charge in [-0.3, -0.25) is 0 Å². The summed E-state index contributed by atoms with van der Waals surface area (Å²) in [5.74, 6) is 0.570. The monoisotopic (exact) mass is 291 g/mol. The smallest absolute Gasteiger partial charge is 0.279 e. The summed E-state index contributed by atoms with van der Waals surface area (Å²) in [5, 5.41) is 3.43. The van der Waals surface area contributed by atoms with E-state index in [0.717, 1.165) is 13.0 Å². The standard InChI is InChI=1S/C12H25N3O3S/c1-2-11-4-3-5-13-12(11)10-14-19(16,17)15-6-8-18-9-7-15/h11-14H,2-10H2,1H3. The zero-order chi connectivity index (χ0) is 13.7. The summed E-state index contributed by atoms with van der Waals surface area (Å²) in [5.41, 5.74) is 0. The van der Waals surface area contributed by atoms with Crippen LogP contribution in [0.3, 0.4) is 0 Å². The van der Waals surface area contributed by atoms with Crippen LogP contribution in [0.5, 0.6) is 0 Å². The lowest BCUT2D eigenvalue weighted by molar-refractivity contribution is 0.0724. The molecular weight excluding hydrogens is 266 g/mol. The van der Waals surface area contributed by atoms with E-state index in [4.69, 9.17) is 4.74 Å². The van der Waals surface area contributed by atoms with Gasteiger partial charge < -0.3 is 10.1 Å². The Morgan fingerprint density at radius 3 is 2.79 bits per heavy atom. The van der Waals surface area contributed by atoms with Gasteiger partial charge >= 0.3 is 0 Å². The van der Waals surface area contributed by atoms with E-state index in [9.17, 15) is 8.42 Å². The summed E-state index contributed by atoms with van der Waals surface area (Å²) in [4.78, 5) is 0. The molecule has 2 heterocycles. The minimum absolute atomic E-state index is 0.259. The van der Waals surface area contributed by atoms with E-state index in [1.54, 1.807) is 0 Å². The lowest BCUT2D eigenvalue weighted by atomic mass is 9.89. The molecule has 0 aromatic heterocycles. The lowest BCUT2D eigenvalue weighted by Crippen LogP contribution is -2.52. The molecule has 0 aromatic carbocycles. The maximum absolute atomic E-state index is 12.2. The molecule has 2 N–H and O–H groups in total. The molecule has 0 spiro atoms. The van der Waals surface area contributed by atoms with Crippen LogP contribution in [-0.2, 0) is 14.9 Å². The molecule has 2 rings (SSSR count). The minimum atomic E-state index is -3.35. The highest BCUT2D eigenvalue weighted by Crippen LogP contribution is 2.19. The number of morpholine rings is 1. The van der Waals surface area contributed by atoms with Crippen LogP contribution in [0.15, 0.2) is 0 Å². The molecule has 2 atom stereocenters. The predicted molar refractivity (Wildman–Crippen MR) is 74.1 cm³/mol. The van der Waals surface area contributed by atoms with Crippen molar-refractivity contribution < 1.29 is 13.2 Å². The Balaban J connectivity index is 1.85. The van der Waals surface area contributed by atoms with Gasteiger partial charge in [0.1, 0.15) is 0 Å². The molecule has 112 valence electrons. The SMILES string of the molecule is CCC1CCCNC1CNS(=O)(=O)N1CCOCC1. The van der Waals surface area contributed by atoms with Crippen molar-refractivity contribution in [2.75, 3.05) is 39.4 Å². The number of piperidine rings is 1. The molecule has 2 aliphatic rings. The topological polar surface area (TPSA) is 70.7 Å². The van der Waals surface area contributed by atoms with E-state index in [2.05, 4.69) is 17.0 Å². The van der Waals surface area contributed by atoms with Crippen LogP contribution in [-0.4, -0.2) is 58.2 Å². The summed E-state index contributed by atoms with van der Waals surface area (Å²) < 4.78 is 33.7. The van der Waals surface area contributed by atoms with Gasteiger partial charge in [-0.15, -0.1) is 0 Å². The molecule has 0 aliphatic carbocycles. The number of rotatable bonds is 5. The number of nitrogens with zero attached hydrogens (tertiary/aromatic N) is 1. The van der Waals surface area contributed by atoms with Crippen LogP contribution >= 0.6 is 0 Å². The third-order valence-corrected chi connectivity index (χ3v) is 5.62. The van der Waals surface area contributed by atoms with Crippen LogP contribution in [0.2, 0.25) is 0 Å². The van der Waals surface area contributed by atoms with Gasteiger partial charge in [0.05, 0.1) is 13.2 Å². The zero-order valence-electron chi connectivity index (χ0n) is 11.6. The Labute approximate surface area is 116 Å². The van der Waals surface area contributed by atoms with Crippen LogP contribution in [0.1, 0.15) is 26.2 Å².